The molecule has 172 valence electrons. The van der Waals surface area contributed by atoms with Crippen molar-refractivity contribution in [2.45, 2.75) is 19.5 Å². The Hall–Kier alpha value is -4.26. The van der Waals surface area contributed by atoms with E-state index in [9.17, 15) is 19.1 Å². The first-order valence-electron chi connectivity index (χ1n) is 10.7. The number of aromatic nitrogens is 1. The molecule has 0 spiro atoms. The summed E-state index contributed by atoms with van der Waals surface area (Å²) in [6.45, 7) is 5.76. The molecule has 7 heteroatoms. The molecule has 1 amide bonds. The fourth-order valence-corrected chi connectivity index (χ4v) is 4.01. The summed E-state index contributed by atoms with van der Waals surface area (Å²) in [5.41, 5.74) is 1.67. The van der Waals surface area contributed by atoms with Gasteiger partial charge in [-0.15, -0.1) is 0 Å². The van der Waals surface area contributed by atoms with Gasteiger partial charge in [-0.05, 0) is 48.4 Å². The van der Waals surface area contributed by atoms with Gasteiger partial charge in [0.2, 0.25) is 0 Å². The number of ether oxygens (including phenoxy) is 1. The minimum Gasteiger partial charge on any atom is -0.507 e. The number of pyridine rings is 1. The third-order valence-corrected chi connectivity index (χ3v) is 5.62. The highest BCUT2D eigenvalue weighted by molar-refractivity contribution is 6.46. The Morgan fingerprint density at radius 3 is 2.68 bits per heavy atom. The summed E-state index contributed by atoms with van der Waals surface area (Å²) in [6.07, 6.45) is 4.78. The van der Waals surface area contributed by atoms with E-state index >= 15 is 0 Å². The fourth-order valence-electron chi connectivity index (χ4n) is 4.01. The van der Waals surface area contributed by atoms with Crippen LogP contribution in [0.4, 0.5) is 4.39 Å². The summed E-state index contributed by atoms with van der Waals surface area (Å²) in [4.78, 5) is 31.5. The molecule has 3 aromatic rings. The van der Waals surface area contributed by atoms with Crippen LogP contribution >= 0.6 is 0 Å². The van der Waals surface area contributed by atoms with Gasteiger partial charge in [0.15, 0.2) is 0 Å². The molecule has 1 aliphatic rings. The Morgan fingerprint density at radius 2 is 2.00 bits per heavy atom. The largest absolute Gasteiger partial charge is 0.507 e. The van der Waals surface area contributed by atoms with Crippen LogP contribution in [0.25, 0.3) is 5.76 Å². The predicted octanol–water partition coefficient (Wildman–Crippen LogP) is 4.72. The average molecular weight is 458 g/mol. The average Bonchev–Trinajstić information content (AvgIpc) is 3.08. The maximum atomic E-state index is 14.9. The Kier molecular flexibility index (Phi) is 6.54. The summed E-state index contributed by atoms with van der Waals surface area (Å²) in [6, 6.07) is 13.2. The van der Waals surface area contributed by atoms with Gasteiger partial charge in [-0.1, -0.05) is 36.9 Å². The zero-order chi connectivity index (χ0) is 24.2. The number of rotatable bonds is 7. The molecular formula is C27H23FN2O4. The number of aryl methyl sites for hydroxylation is 1. The van der Waals surface area contributed by atoms with Crippen molar-refractivity contribution in [1.29, 1.82) is 0 Å². The van der Waals surface area contributed by atoms with E-state index in [1.807, 2.05) is 0 Å². The first kappa shape index (κ1) is 22.9. The van der Waals surface area contributed by atoms with E-state index in [1.165, 1.54) is 23.1 Å². The molecule has 34 heavy (non-hydrogen) atoms. The maximum Gasteiger partial charge on any atom is 0.295 e. The minimum atomic E-state index is -1.10. The van der Waals surface area contributed by atoms with Crippen LogP contribution in [0.15, 0.2) is 85.2 Å². The normalized spacial score (nSPS) is 17.1. The lowest BCUT2D eigenvalue weighted by Crippen LogP contribution is -2.29. The number of hydrogen-bond acceptors (Lipinski definition) is 5. The summed E-state index contributed by atoms with van der Waals surface area (Å²) < 4.78 is 20.5. The van der Waals surface area contributed by atoms with Gasteiger partial charge in [-0.3, -0.25) is 14.6 Å². The van der Waals surface area contributed by atoms with Crippen LogP contribution in [0, 0.1) is 12.7 Å². The predicted molar refractivity (Wildman–Crippen MR) is 125 cm³/mol. The molecule has 0 radical (unpaired) electrons. The number of halogens is 1. The number of carbonyl (C=O) groups is 2. The molecule has 6 nitrogen and oxygen atoms in total. The minimum absolute atomic E-state index is 0.0293. The first-order valence-corrected chi connectivity index (χ1v) is 10.7. The number of hydrogen-bond donors (Lipinski definition) is 1. The van der Waals surface area contributed by atoms with Gasteiger partial charge >= 0.3 is 0 Å². The summed E-state index contributed by atoms with van der Waals surface area (Å²) in [7, 11) is 0. The second kappa shape index (κ2) is 9.70. The summed E-state index contributed by atoms with van der Waals surface area (Å²) in [5.74, 6) is -2.06. The van der Waals surface area contributed by atoms with Crippen molar-refractivity contribution in [1.82, 2.24) is 9.88 Å². The number of ketones is 1. The molecule has 0 aliphatic carbocycles. The highest BCUT2D eigenvalue weighted by Crippen LogP contribution is 2.41. The zero-order valence-corrected chi connectivity index (χ0v) is 18.6. The monoisotopic (exact) mass is 458 g/mol. The van der Waals surface area contributed by atoms with Crippen molar-refractivity contribution in [3.8, 4) is 5.75 Å². The SMILES string of the molecule is C=CCOc1ccc(C(O)=C2C(=O)C(=O)N(Cc3cccnc3)[C@H]2c2ccccc2F)cc1C. The highest BCUT2D eigenvalue weighted by atomic mass is 19.1. The molecule has 4 rings (SSSR count). The van der Waals surface area contributed by atoms with Gasteiger partial charge in [0, 0.05) is 30.1 Å². The first-order chi connectivity index (χ1) is 16.4. The van der Waals surface area contributed by atoms with Crippen molar-refractivity contribution in [2.75, 3.05) is 6.61 Å². The molecule has 0 saturated carbocycles. The van der Waals surface area contributed by atoms with Gasteiger partial charge < -0.3 is 14.7 Å². The molecule has 1 atom stereocenters. The van der Waals surface area contributed by atoms with Crippen molar-refractivity contribution < 1.29 is 23.8 Å². The van der Waals surface area contributed by atoms with E-state index in [1.54, 1.807) is 61.8 Å². The fraction of sp³-hybridized carbons (Fsp3) is 0.148. The molecule has 1 N–H and O–H groups in total. The third kappa shape index (κ3) is 4.32. The molecular weight excluding hydrogens is 435 g/mol. The van der Waals surface area contributed by atoms with Crippen LogP contribution in [-0.2, 0) is 16.1 Å². The molecule has 1 aliphatic heterocycles. The molecule has 0 bridgehead atoms. The third-order valence-electron chi connectivity index (χ3n) is 5.62. The van der Waals surface area contributed by atoms with Gasteiger partial charge in [-0.25, -0.2) is 4.39 Å². The number of benzene rings is 2. The Labute approximate surface area is 196 Å². The van der Waals surface area contributed by atoms with E-state index in [4.69, 9.17) is 4.74 Å². The lowest BCUT2D eigenvalue weighted by atomic mass is 9.94. The summed E-state index contributed by atoms with van der Waals surface area (Å²) >= 11 is 0. The Morgan fingerprint density at radius 1 is 1.21 bits per heavy atom. The Bertz CT molecular complexity index is 1290. The molecule has 1 saturated heterocycles. The number of aliphatic hydroxyl groups is 1. The van der Waals surface area contributed by atoms with Crippen LogP contribution in [0.1, 0.15) is 28.3 Å². The lowest BCUT2D eigenvalue weighted by molar-refractivity contribution is -0.140. The van der Waals surface area contributed by atoms with Gasteiger partial charge in [-0.2, -0.15) is 0 Å². The van der Waals surface area contributed by atoms with E-state index < -0.39 is 23.5 Å². The smallest absolute Gasteiger partial charge is 0.295 e. The van der Waals surface area contributed by atoms with E-state index in [2.05, 4.69) is 11.6 Å². The Balaban J connectivity index is 1.84. The van der Waals surface area contributed by atoms with Crippen molar-refractivity contribution in [2.24, 2.45) is 0 Å². The van der Waals surface area contributed by atoms with E-state index in [-0.39, 0.29) is 23.4 Å². The molecule has 2 aromatic carbocycles. The number of carbonyl (C=O) groups excluding carboxylic acids is 2. The van der Waals surface area contributed by atoms with Crippen LogP contribution in [0.2, 0.25) is 0 Å². The lowest BCUT2D eigenvalue weighted by Gasteiger charge is -2.25. The van der Waals surface area contributed by atoms with Gasteiger partial charge in [0.25, 0.3) is 11.7 Å². The van der Waals surface area contributed by atoms with Crippen LogP contribution in [-0.4, -0.2) is 33.3 Å². The van der Waals surface area contributed by atoms with Crippen LogP contribution in [0.5, 0.6) is 5.75 Å². The second-order valence-corrected chi connectivity index (χ2v) is 7.89. The number of nitrogens with zero attached hydrogens (tertiary/aromatic N) is 2. The molecule has 0 unspecified atom stereocenters. The summed E-state index contributed by atoms with van der Waals surface area (Å²) in [5, 5.41) is 11.2. The number of Topliss-reactive ketones (excluding diaryl/α,β-unsaturated/α-hetero) is 1. The van der Waals surface area contributed by atoms with Crippen LogP contribution < -0.4 is 4.74 Å². The van der Waals surface area contributed by atoms with E-state index in [0.29, 0.717) is 23.5 Å². The van der Waals surface area contributed by atoms with E-state index in [0.717, 1.165) is 5.56 Å². The highest BCUT2D eigenvalue weighted by Gasteiger charge is 2.47. The van der Waals surface area contributed by atoms with Gasteiger partial charge in [0.05, 0.1) is 11.6 Å². The topological polar surface area (TPSA) is 79.7 Å². The van der Waals surface area contributed by atoms with Gasteiger partial charge in [0.1, 0.15) is 23.9 Å². The quantitative estimate of drug-likeness (QED) is 0.240. The standard InChI is InChI=1S/C27H23FN2O4/c1-3-13-34-22-11-10-19(14-17(22)2)25(31)23-24(20-8-4-5-9-21(20)28)30(27(33)26(23)32)16-18-7-6-12-29-15-18/h3-12,14-15,24,31H,1,13,16H2,2H3/t24-/m0/s1. The number of aliphatic hydroxyl groups excluding tert-OH is 1. The molecule has 1 aromatic heterocycles. The number of amides is 1. The van der Waals surface area contributed by atoms with Crippen molar-refractivity contribution in [3.63, 3.8) is 0 Å². The zero-order valence-electron chi connectivity index (χ0n) is 18.6. The number of likely N-dealkylation sites (tertiary alicyclic amines) is 1. The van der Waals surface area contributed by atoms with Crippen molar-refractivity contribution >= 4 is 17.4 Å². The molecule has 2 heterocycles. The maximum absolute atomic E-state index is 14.9. The molecule has 1 fully saturated rings. The van der Waals surface area contributed by atoms with Crippen LogP contribution in [0.3, 0.4) is 0 Å². The van der Waals surface area contributed by atoms with Crippen molar-refractivity contribution in [3.05, 3.63) is 113 Å². The second-order valence-electron chi connectivity index (χ2n) is 7.89.